The highest BCUT2D eigenvalue weighted by molar-refractivity contribution is 5.81. The summed E-state index contributed by atoms with van der Waals surface area (Å²) in [6.45, 7) is 1.21. The van der Waals surface area contributed by atoms with Crippen LogP contribution in [-0.2, 0) is 6.54 Å². The van der Waals surface area contributed by atoms with Crippen molar-refractivity contribution >= 4 is 10.9 Å². The molecule has 0 atom stereocenters. The van der Waals surface area contributed by atoms with Crippen molar-refractivity contribution in [2.45, 2.75) is 37.8 Å². The van der Waals surface area contributed by atoms with Gasteiger partial charge in [-0.1, -0.05) is 18.9 Å². The molecule has 1 fully saturated rings. The summed E-state index contributed by atoms with van der Waals surface area (Å²) in [7, 11) is 1.97. The number of aliphatic hydroxyl groups is 1. The summed E-state index contributed by atoms with van der Waals surface area (Å²) in [4.78, 5) is 6.43. The Morgan fingerprint density at radius 2 is 2.10 bits per heavy atom. The van der Waals surface area contributed by atoms with Crippen LogP contribution in [0, 0.1) is 5.82 Å². The predicted molar refractivity (Wildman–Crippen MR) is 81.5 cm³/mol. The molecule has 1 saturated carbocycles. The van der Waals surface area contributed by atoms with Gasteiger partial charge in [-0.2, -0.15) is 0 Å². The SMILES string of the molecule is CN(Cc1cc(F)cc2cccnc12)CC1(O)CCCC1. The van der Waals surface area contributed by atoms with Crippen molar-refractivity contribution in [2.24, 2.45) is 0 Å². The largest absolute Gasteiger partial charge is 0.389 e. The minimum atomic E-state index is -0.578. The monoisotopic (exact) mass is 288 g/mol. The van der Waals surface area contributed by atoms with E-state index in [1.54, 1.807) is 12.3 Å². The fourth-order valence-corrected chi connectivity index (χ4v) is 3.39. The Morgan fingerprint density at radius 3 is 2.86 bits per heavy atom. The third-order valence-electron chi connectivity index (χ3n) is 4.29. The first-order chi connectivity index (χ1) is 10.1. The lowest BCUT2D eigenvalue weighted by Crippen LogP contribution is -2.38. The Balaban J connectivity index is 1.81. The maximum atomic E-state index is 13.7. The number of fused-ring (bicyclic) bond motifs is 1. The lowest BCUT2D eigenvalue weighted by Gasteiger charge is -2.28. The van der Waals surface area contributed by atoms with Gasteiger partial charge in [0.05, 0.1) is 11.1 Å². The van der Waals surface area contributed by atoms with Crippen molar-refractivity contribution in [2.75, 3.05) is 13.6 Å². The predicted octanol–water partition coefficient (Wildman–Crippen LogP) is 3.11. The summed E-state index contributed by atoms with van der Waals surface area (Å²) in [5.41, 5.74) is 1.13. The molecule has 1 aromatic heterocycles. The van der Waals surface area contributed by atoms with Crippen molar-refractivity contribution in [3.63, 3.8) is 0 Å². The van der Waals surface area contributed by atoms with Gasteiger partial charge in [0.15, 0.2) is 0 Å². The first-order valence-corrected chi connectivity index (χ1v) is 7.50. The maximum Gasteiger partial charge on any atom is 0.124 e. The van der Waals surface area contributed by atoms with E-state index < -0.39 is 5.60 Å². The minimum absolute atomic E-state index is 0.238. The molecule has 2 aromatic rings. The molecular weight excluding hydrogens is 267 g/mol. The van der Waals surface area contributed by atoms with Crippen LogP contribution < -0.4 is 0 Å². The van der Waals surface area contributed by atoms with E-state index in [1.807, 2.05) is 19.2 Å². The van der Waals surface area contributed by atoms with Crippen LogP contribution >= 0.6 is 0 Å². The van der Waals surface area contributed by atoms with E-state index in [4.69, 9.17) is 0 Å². The van der Waals surface area contributed by atoms with Crippen LogP contribution in [0.5, 0.6) is 0 Å². The minimum Gasteiger partial charge on any atom is -0.389 e. The Kier molecular flexibility index (Phi) is 3.91. The normalized spacial score (nSPS) is 17.7. The molecule has 1 heterocycles. The number of nitrogens with zero attached hydrogens (tertiary/aromatic N) is 2. The fourth-order valence-electron chi connectivity index (χ4n) is 3.39. The van der Waals surface area contributed by atoms with Gasteiger partial charge < -0.3 is 5.11 Å². The standard InChI is InChI=1S/C17H21FN2O/c1-20(12-17(21)6-2-3-7-17)11-14-10-15(18)9-13-5-4-8-19-16(13)14/h4-5,8-10,21H,2-3,6-7,11-12H2,1H3. The van der Waals surface area contributed by atoms with Gasteiger partial charge in [0, 0.05) is 24.7 Å². The number of hydrogen-bond donors (Lipinski definition) is 1. The molecule has 1 aliphatic carbocycles. The molecule has 0 amide bonds. The van der Waals surface area contributed by atoms with Gasteiger partial charge in [-0.25, -0.2) is 4.39 Å². The lowest BCUT2D eigenvalue weighted by atomic mass is 10.0. The Bertz CT molecular complexity index is 638. The van der Waals surface area contributed by atoms with Gasteiger partial charge in [-0.15, -0.1) is 0 Å². The van der Waals surface area contributed by atoms with Crippen LogP contribution in [0.1, 0.15) is 31.2 Å². The summed E-state index contributed by atoms with van der Waals surface area (Å²) in [5.74, 6) is -0.238. The van der Waals surface area contributed by atoms with E-state index in [9.17, 15) is 9.50 Å². The average molecular weight is 288 g/mol. The maximum absolute atomic E-state index is 13.7. The number of aromatic nitrogens is 1. The molecule has 4 heteroatoms. The summed E-state index contributed by atoms with van der Waals surface area (Å²) < 4.78 is 13.7. The van der Waals surface area contributed by atoms with Crippen molar-refractivity contribution in [3.8, 4) is 0 Å². The second-order valence-electron chi connectivity index (χ2n) is 6.24. The molecular formula is C17H21FN2O. The van der Waals surface area contributed by atoms with Crippen molar-refractivity contribution in [1.29, 1.82) is 0 Å². The van der Waals surface area contributed by atoms with Crippen molar-refractivity contribution < 1.29 is 9.50 Å². The van der Waals surface area contributed by atoms with Crippen LogP contribution in [0.15, 0.2) is 30.5 Å². The molecule has 1 aliphatic rings. The first-order valence-electron chi connectivity index (χ1n) is 7.50. The molecule has 1 aromatic carbocycles. The van der Waals surface area contributed by atoms with E-state index in [0.29, 0.717) is 13.1 Å². The quantitative estimate of drug-likeness (QED) is 0.939. The molecule has 0 aliphatic heterocycles. The van der Waals surface area contributed by atoms with Gasteiger partial charge >= 0.3 is 0 Å². The zero-order valence-corrected chi connectivity index (χ0v) is 12.3. The first kappa shape index (κ1) is 14.4. The lowest BCUT2D eigenvalue weighted by molar-refractivity contribution is 0.0146. The zero-order valence-electron chi connectivity index (χ0n) is 12.3. The van der Waals surface area contributed by atoms with E-state index in [0.717, 1.165) is 42.1 Å². The van der Waals surface area contributed by atoms with Gasteiger partial charge in [0.1, 0.15) is 5.82 Å². The van der Waals surface area contributed by atoms with Gasteiger partial charge in [0.25, 0.3) is 0 Å². The average Bonchev–Trinajstić information content (AvgIpc) is 2.84. The highest BCUT2D eigenvalue weighted by Crippen LogP contribution is 2.30. The van der Waals surface area contributed by atoms with Gasteiger partial charge in [0.2, 0.25) is 0 Å². The second kappa shape index (κ2) is 5.70. The molecule has 112 valence electrons. The highest BCUT2D eigenvalue weighted by Gasteiger charge is 2.32. The molecule has 1 N–H and O–H groups in total. The molecule has 0 bridgehead atoms. The van der Waals surface area contributed by atoms with Crippen LogP contribution in [-0.4, -0.2) is 34.2 Å². The number of hydrogen-bond acceptors (Lipinski definition) is 3. The number of benzene rings is 1. The van der Waals surface area contributed by atoms with Gasteiger partial charge in [-0.3, -0.25) is 9.88 Å². The number of pyridine rings is 1. The molecule has 3 nitrogen and oxygen atoms in total. The fraction of sp³-hybridized carbons (Fsp3) is 0.471. The van der Waals surface area contributed by atoms with E-state index in [2.05, 4.69) is 9.88 Å². The molecule has 21 heavy (non-hydrogen) atoms. The van der Waals surface area contributed by atoms with Crippen LogP contribution in [0.3, 0.4) is 0 Å². The Labute approximate surface area is 124 Å². The topological polar surface area (TPSA) is 36.4 Å². The third kappa shape index (κ3) is 3.22. The molecule has 0 spiro atoms. The van der Waals surface area contributed by atoms with Crippen molar-refractivity contribution in [1.82, 2.24) is 9.88 Å². The van der Waals surface area contributed by atoms with E-state index in [-0.39, 0.29) is 5.82 Å². The molecule has 0 unspecified atom stereocenters. The van der Waals surface area contributed by atoms with Crippen LogP contribution in [0.25, 0.3) is 10.9 Å². The molecule has 3 rings (SSSR count). The zero-order chi connectivity index (χ0) is 14.9. The van der Waals surface area contributed by atoms with Gasteiger partial charge in [-0.05, 0) is 43.7 Å². The van der Waals surface area contributed by atoms with Crippen LogP contribution in [0.4, 0.5) is 4.39 Å². The molecule has 0 saturated heterocycles. The summed E-state index contributed by atoms with van der Waals surface area (Å²) in [5, 5.41) is 11.3. The summed E-state index contributed by atoms with van der Waals surface area (Å²) >= 11 is 0. The highest BCUT2D eigenvalue weighted by atomic mass is 19.1. The smallest absolute Gasteiger partial charge is 0.124 e. The van der Waals surface area contributed by atoms with Crippen LogP contribution in [0.2, 0.25) is 0 Å². The Hall–Kier alpha value is -1.52. The number of halogens is 1. The Morgan fingerprint density at radius 1 is 1.33 bits per heavy atom. The van der Waals surface area contributed by atoms with E-state index in [1.165, 1.54) is 6.07 Å². The molecule has 0 radical (unpaired) electrons. The second-order valence-corrected chi connectivity index (χ2v) is 6.24. The number of likely N-dealkylation sites (N-methyl/N-ethyl adjacent to an activating group) is 1. The van der Waals surface area contributed by atoms with Crippen molar-refractivity contribution in [3.05, 3.63) is 41.8 Å². The third-order valence-corrected chi connectivity index (χ3v) is 4.29. The summed E-state index contributed by atoms with van der Waals surface area (Å²) in [6.07, 6.45) is 5.64. The number of rotatable bonds is 4. The van der Waals surface area contributed by atoms with E-state index >= 15 is 0 Å². The summed E-state index contributed by atoms with van der Waals surface area (Å²) in [6, 6.07) is 6.75.